The largest absolute Gasteiger partial charge is 0.495 e. The van der Waals surface area contributed by atoms with Crippen molar-refractivity contribution in [2.24, 2.45) is 0 Å². The average molecular weight is 337 g/mol. The molecule has 7 heteroatoms. The number of hydrogen-bond acceptors (Lipinski definition) is 3. The van der Waals surface area contributed by atoms with Crippen LogP contribution in [-0.2, 0) is 10.0 Å². The van der Waals surface area contributed by atoms with E-state index in [1.165, 1.54) is 19.2 Å². The van der Waals surface area contributed by atoms with Crippen LogP contribution in [0, 0.1) is 0 Å². The molecule has 0 aliphatic heterocycles. The maximum atomic E-state index is 12.6. The lowest BCUT2D eigenvalue weighted by Crippen LogP contribution is -2.14. The molecule has 2 aromatic carbocycles. The summed E-state index contributed by atoms with van der Waals surface area (Å²) in [6.07, 6.45) is 1.79. The minimum absolute atomic E-state index is 0.00309. The van der Waals surface area contributed by atoms with Crippen molar-refractivity contribution < 1.29 is 13.2 Å². The molecule has 0 radical (unpaired) electrons. The SMILES string of the molecule is COc1ccc(Cl)cc1S(=O)(=O)Nc1ccc2[nH]ccc2c1. The minimum Gasteiger partial charge on any atom is -0.495 e. The zero-order valence-electron chi connectivity index (χ0n) is 11.6. The van der Waals surface area contributed by atoms with Crippen molar-refractivity contribution in [3.63, 3.8) is 0 Å². The number of nitrogens with one attached hydrogen (secondary N) is 2. The number of methoxy groups -OCH3 is 1. The van der Waals surface area contributed by atoms with Gasteiger partial charge in [0.25, 0.3) is 10.0 Å². The molecule has 0 unspecified atom stereocenters. The first-order valence-corrected chi connectivity index (χ1v) is 8.29. The lowest BCUT2D eigenvalue weighted by Gasteiger charge is -2.12. The van der Waals surface area contributed by atoms with Gasteiger partial charge >= 0.3 is 0 Å². The lowest BCUT2D eigenvalue weighted by atomic mass is 10.2. The lowest BCUT2D eigenvalue weighted by molar-refractivity contribution is 0.403. The number of ether oxygens (including phenoxy) is 1. The number of fused-ring (bicyclic) bond motifs is 1. The van der Waals surface area contributed by atoms with Gasteiger partial charge in [0.1, 0.15) is 10.6 Å². The van der Waals surface area contributed by atoms with E-state index in [1.807, 2.05) is 12.1 Å². The maximum absolute atomic E-state index is 12.6. The molecule has 0 fully saturated rings. The molecule has 0 aliphatic carbocycles. The van der Waals surface area contributed by atoms with Gasteiger partial charge in [0.2, 0.25) is 0 Å². The topological polar surface area (TPSA) is 71.2 Å². The number of aromatic amines is 1. The van der Waals surface area contributed by atoms with E-state index in [-0.39, 0.29) is 10.6 Å². The van der Waals surface area contributed by atoms with Crippen molar-refractivity contribution in [2.45, 2.75) is 4.90 Å². The minimum atomic E-state index is -3.80. The average Bonchev–Trinajstić information content (AvgIpc) is 2.94. The summed E-state index contributed by atoms with van der Waals surface area (Å²) in [5, 5.41) is 1.24. The van der Waals surface area contributed by atoms with E-state index >= 15 is 0 Å². The molecular formula is C15H13ClN2O3S. The highest BCUT2D eigenvalue weighted by Gasteiger charge is 2.20. The van der Waals surface area contributed by atoms with Gasteiger partial charge in [-0.25, -0.2) is 8.42 Å². The number of H-pyrrole nitrogens is 1. The van der Waals surface area contributed by atoms with Crippen LogP contribution in [0.3, 0.4) is 0 Å². The van der Waals surface area contributed by atoms with E-state index in [4.69, 9.17) is 16.3 Å². The fourth-order valence-electron chi connectivity index (χ4n) is 2.19. The first kappa shape index (κ1) is 14.7. The molecule has 0 saturated heterocycles. The van der Waals surface area contributed by atoms with E-state index in [0.29, 0.717) is 10.7 Å². The Labute approximate surface area is 132 Å². The van der Waals surface area contributed by atoms with Crippen LogP contribution in [0.4, 0.5) is 5.69 Å². The first-order valence-electron chi connectivity index (χ1n) is 6.43. The number of aromatic nitrogens is 1. The summed E-state index contributed by atoms with van der Waals surface area (Å²) in [5.74, 6) is 0.236. The van der Waals surface area contributed by atoms with E-state index in [9.17, 15) is 8.42 Å². The first-order chi connectivity index (χ1) is 10.5. The molecule has 5 nitrogen and oxygen atoms in total. The summed E-state index contributed by atoms with van der Waals surface area (Å²) in [6.45, 7) is 0. The number of anilines is 1. The Morgan fingerprint density at radius 1 is 1.14 bits per heavy atom. The van der Waals surface area contributed by atoms with Crippen LogP contribution in [0.5, 0.6) is 5.75 Å². The Balaban J connectivity index is 2.01. The van der Waals surface area contributed by atoms with E-state index in [1.54, 1.807) is 24.4 Å². The number of benzene rings is 2. The highest BCUT2D eigenvalue weighted by molar-refractivity contribution is 7.92. The number of halogens is 1. The quantitative estimate of drug-likeness (QED) is 0.764. The van der Waals surface area contributed by atoms with Crippen LogP contribution in [0.1, 0.15) is 0 Å². The summed E-state index contributed by atoms with van der Waals surface area (Å²) in [7, 11) is -2.39. The molecule has 2 N–H and O–H groups in total. The second-order valence-electron chi connectivity index (χ2n) is 4.68. The molecular weight excluding hydrogens is 324 g/mol. The second kappa shape index (κ2) is 5.55. The molecule has 0 amide bonds. The highest BCUT2D eigenvalue weighted by atomic mass is 35.5. The monoisotopic (exact) mass is 336 g/mol. The van der Waals surface area contributed by atoms with Crippen LogP contribution >= 0.6 is 11.6 Å². The predicted molar refractivity (Wildman–Crippen MR) is 87.1 cm³/mol. The maximum Gasteiger partial charge on any atom is 0.265 e. The fourth-order valence-corrected chi connectivity index (χ4v) is 3.67. The van der Waals surface area contributed by atoms with Crippen LogP contribution in [0.25, 0.3) is 10.9 Å². The van der Waals surface area contributed by atoms with Gasteiger partial charge < -0.3 is 9.72 Å². The van der Waals surface area contributed by atoms with Gasteiger partial charge in [-0.3, -0.25) is 4.72 Å². The zero-order valence-corrected chi connectivity index (χ0v) is 13.2. The smallest absolute Gasteiger partial charge is 0.265 e. The molecule has 3 rings (SSSR count). The normalized spacial score (nSPS) is 11.5. The van der Waals surface area contributed by atoms with Crippen LogP contribution in [0.15, 0.2) is 53.6 Å². The Morgan fingerprint density at radius 2 is 1.95 bits per heavy atom. The molecule has 114 valence electrons. The molecule has 0 spiro atoms. The van der Waals surface area contributed by atoms with Crippen molar-refractivity contribution in [1.29, 1.82) is 0 Å². The highest BCUT2D eigenvalue weighted by Crippen LogP contribution is 2.29. The van der Waals surface area contributed by atoms with Gasteiger partial charge in [-0.05, 0) is 42.5 Å². The van der Waals surface area contributed by atoms with Crippen LogP contribution in [-0.4, -0.2) is 20.5 Å². The molecule has 3 aromatic rings. The summed E-state index contributed by atoms with van der Waals surface area (Å²) in [5.41, 5.74) is 1.40. The third-order valence-electron chi connectivity index (χ3n) is 3.22. The van der Waals surface area contributed by atoms with Crippen molar-refractivity contribution in [1.82, 2.24) is 4.98 Å². The molecule has 0 bridgehead atoms. The van der Waals surface area contributed by atoms with Crippen molar-refractivity contribution in [3.05, 3.63) is 53.7 Å². The Morgan fingerprint density at radius 3 is 2.73 bits per heavy atom. The Hall–Kier alpha value is -2.18. The van der Waals surface area contributed by atoms with Gasteiger partial charge in [0, 0.05) is 27.8 Å². The van der Waals surface area contributed by atoms with Crippen molar-refractivity contribution in [3.8, 4) is 5.75 Å². The van der Waals surface area contributed by atoms with E-state index in [2.05, 4.69) is 9.71 Å². The number of rotatable bonds is 4. The van der Waals surface area contributed by atoms with E-state index < -0.39 is 10.0 Å². The zero-order chi connectivity index (χ0) is 15.7. The van der Waals surface area contributed by atoms with Gasteiger partial charge in [0.05, 0.1) is 7.11 Å². The molecule has 0 saturated carbocycles. The molecule has 0 atom stereocenters. The van der Waals surface area contributed by atoms with Crippen molar-refractivity contribution >= 4 is 38.2 Å². The van der Waals surface area contributed by atoms with Crippen LogP contribution in [0.2, 0.25) is 5.02 Å². The van der Waals surface area contributed by atoms with Crippen LogP contribution < -0.4 is 9.46 Å². The summed E-state index contributed by atoms with van der Waals surface area (Å²) >= 11 is 5.89. The van der Waals surface area contributed by atoms with Gasteiger partial charge in [0.15, 0.2) is 0 Å². The van der Waals surface area contributed by atoms with E-state index in [0.717, 1.165) is 10.9 Å². The number of sulfonamides is 1. The Kier molecular flexibility index (Phi) is 3.72. The van der Waals surface area contributed by atoms with Crippen molar-refractivity contribution in [2.75, 3.05) is 11.8 Å². The number of hydrogen-bond donors (Lipinski definition) is 2. The summed E-state index contributed by atoms with van der Waals surface area (Å²) in [4.78, 5) is 3.05. The molecule has 22 heavy (non-hydrogen) atoms. The predicted octanol–water partition coefficient (Wildman–Crippen LogP) is 3.63. The molecule has 1 heterocycles. The molecule has 1 aromatic heterocycles. The standard InChI is InChI=1S/C15H13ClN2O3S/c1-21-14-5-2-11(16)9-15(14)22(19,20)18-12-3-4-13-10(8-12)6-7-17-13/h2-9,17-18H,1H3. The van der Waals surface area contributed by atoms with Gasteiger partial charge in [-0.2, -0.15) is 0 Å². The van der Waals surface area contributed by atoms with Gasteiger partial charge in [-0.1, -0.05) is 11.6 Å². The summed E-state index contributed by atoms with van der Waals surface area (Å²) < 4.78 is 32.7. The van der Waals surface area contributed by atoms with Gasteiger partial charge in [-0.15, -0.1) is 0 Å². The third-order valence-corrected chi connectivity index (χ3v) is 4.86. The fraction of sp³-hybridized carbons (Fsp3) is 0.0667. The Bertz CT molecular complexity index is 935. The third kappa shape index (κ3) is 2.75. The second-order valence-corrected chi connectivity index (χ2v) is 6.77. The molecule has 0 aliphatic rings. The summed E-state index contributed by atoms with van der Waals surface area (Å²) in [6, 6.07) is 11.6.